The Balaban J connectivity index is 2.38. The third kappa shape index (κ3) is 2.83. The minimum absolute atomic E-state index is 0.0268. The molecule has 1 aromatic rings. The van der Waals surface area contributed by atoms with E-state index >= 15 is 0 Å². The second-order valence-corrected chi connectivity index (χ2v) is 4.73. The van der Waals surface area contributed by atoms with Gasteiger partial charge in [0.2, 0.25) is 0 Å². The normalized spacial score (nSPS) is 22.9. The van der Waals surface area contributed by atoms with Crippen molar-refractivity contribution in [3.05, 3.63) is 33.9 Å². The molecule has 1 aromatic carbocycles. The summed E-state index contributed by atoms with van der Waals surface area (Å²) in [6.45, 7) is 5.10. The summed E-state index contributed by atoms with van der Waals surface area (Å²) in [6.07, 6.45) is 0.0537. The fraction of sp³-hybridized carbons (Fsp3) is 0.462. The van der Waals surface area contributed by atoms with E-state index in [-0.39, 0.29) is 17.9 Å². The monoisotopic (exact) mass is 261 g/mol. The molecule has 0 radical (unpaired) electrons. The summed E-state index contributed by atoms with van der Waals surface area (Å²) in [5, 5.41) is 20.0. The standard InChI is InChI=1S/C13H15N3O3/c1-9-7-15(8-10(2)19-9)12-4-3-11(6-14)5-13(12)16(17)18/h3-5,9-10H,7-8H2,1-2H3/t9-,10-/m1/s1. The molecular weight excluding hydrogens is 246 g/mol. The van der Waals surface area contributed by atoms with Crippen LogP contribution in [0.5, 0.6) is 0 Å². The number of hydrogen-bond acceptors (Lipinski definition) is 5. The predicted molar refractivity (Wildman–Crippen MR) is 70.0 cm³/mol. The van der Waals surface area contributed by atoms with Crippen molar-refractivity contribution in [2.24, 2.45) is 0 Å². The van der Waals surface area contributed by atoms with Crippen LogP contribution in [0.1, 0.15) is 19.4 Å². The highest BCUT2D eigenvalue weighted by atomic mass is 16.6. The van der Waals surface area contributed by atoms with Crippen molar-refractivity contribution in [1.82, 2.24) is 0 Å². The van der Waals surface area contributed by atoms with Crippen molar-refractivity contribution in [1.29, 1.82) is 5.26 Å². The van der Waals surface area contributed by atoms with Gasteiger partial charge in [-0.3, -0.25) is 10.1 Å². The Labute approximate surface area is 111 Å². The molecule has 0 saturated carbocycles. The summed E-state index contributed by atoms with van der Waals surface area (Å²) < 4.78 is 5.62. The maximum absolute atomic E-state index is 11.1. The van der Waals surface area contributed by atoms with Gasteiger partial charge in [-0.05, 0) is 26.0 Å². The zero-order valence-corrected chi connectivity index (χ0v) is 10.9. The van der Waals surface area contributed by atoms with E-state index in [0.29, 0.717) is 24.3 Å². The van der Waals surface area contributed by atoms with Gasteiger partial charge in [-0.25, -0.2) is 0 Å². The number of nitrogens with zero attached hydrogens (tertiary/aromatic N) is 3. The molecule has 1 saturated heterocycles. The van der Waals surface area contributed by atoms with Crippen LogP contribution < -0.4 is 4.90 Å². The van der Waals surface area contributed by atoms with Crippen molar-refractivity contribution in [3.63, 3.8) is 0 Å². The number of benzene rings is 1. The van der Waals surface area contributed by atoms with Crippen molar-refractivity contribution in [3.8, 4) is 6.07 Å². The molecule has 0 aromatic heterocycles. The SMILES string of the molecule is C[C@@H]1CN(c2ccc(C#N)cc2[N+](=O)[O-])C[C@@H](C)O1. The van der Waals surface area contributed by atoms with Crippen LogP contribution in [0.3, 0.4) is 0 Å². The number of nitriles is 1. The highest BCUT2D eigenvalue weighted by molar-refractivity contribution is 5.66. The molecule has 6 heteroatoms. The molecule has 1 heterocycles. The highest BCUT2D eigenvalue weighted by Gasteiger charge is 2.27. The van der Waals surface area contributed by atoms with E-state index in [2.05, 4.69) is 0 Å². The van der Waals surface area contributed by atoms with Gasteiger partial charge in [0.05, 0.1) is 28.8 Å². The molecule has 100 valence electrons. The van der Waals surface area contributed by atoms with Gasteiger partial charge in [-0.1, -0.05) is 0 Å². The third-order valence-electron chi connectivity index (χ3n) is 3.06. The lowest BCUT2D eigenvalue weighted by molar-refractivity contribution is -0.384. The summed E-state index contributed by atoms with van der Waals surface area (Å²) in [5.74, 6) is 0. The number of anilines is 1. The summed E-state index contributed by atoms with van der Waals surface area (Å²) in [4.78, 5) is 12.6. The molecule has 0 spiro atoms. The van der Waals surface area contributed by atoms with Crippen LogP contribution in [0, 0.1) is 21.4 Å². The molecule has 1 aliphatic heterocycles. The Morgan fingerprint density at radius 2 is 2.05 bits per heavy atom. The van der Waals surface area contributed by atoms with E-state index in [4.69, 9.17) is 10.00 Å². The number of rotatable bonds is 2. The van der Waals surface area contributed by atoms with Crippen molar-refractivity contribution < 1.29 is 9.66 Å². The molecule has 0 amide bonds. The largest absolute Gasteiger partial charge is 0.372 e. The lowest BCUT2D eigenvalue weighted by atomic mass is 10.1. The quantitative estimate of drug-likeness (QED) is 0.601. The molecule has 2 atom stereocenters. The first-order valence-corrected chi connectivity index (χ1v) is 6.10. The molecule has 0 N–H and O–H groups in total. The van der Waals surface area contributed by atoms with E-state index in [1.807, 2.05) is 24.8 Å². The Kier molecular flexibility index (Phi) is 3.67. The van der Waals surface area contributed by atoms with E-state index in [1.54, 1.807) is 12.1 Å². The number of ether oxygens (including phenoxy) is 1. The fourth-order valence-corrected chi connectivity index (χ4v) is 2.38. The molecule has 1 fully saturated rings. The topological polar surface area (TPSA) is 79.4 Å². The van der Waals surface area contributed by atoms with E-state index in [1.165, 1.54) is 6.07 Å². The average molecular weight is 261 g/mol. The molecule has 2 rings (SSSR count). The molecule has 0 aliphatic carbocycles. The lowest BCUT2D eigenvalue weighted by Crippen LogP contribution is -2.45. The summed E-state index contributed by atoms with van der Waals surface area (Å²) in [7, 11) is 0. The molecule has 0 bridgehead atoms. The van der Waals surface area contributed by atoms with Crippen LogP contribution in [0.2, 0.25) is 0 Å². The van der Waals surface area contributed by atoms with Crippen LogP contribution in [-0.2, 0) is 4.74 Å². The van der Waals surface area contributed by atoms with Gasteiger partial charge in [0, 0.05) is 19.2 Å². The lowest BCUT2D eigenvalue weighted by Gasteiger charge is -2.36. The maximum atomic E-state index is 11.1. The van der Waals surface area contributed by atoms with Crippen LogP contribution >= 0.6 is 0 Å². The number of morpholine rings is 1. The molecule has 1 aliphatic rings. The Morgan fingerprint density at radius 3 is 2.58 bits per heavy atom. The number of hydrogen-bond donors (Lipinski definition) is 0. The number of nitro benzene ring substituents is 1. The van der Waals surface area contributed by atoms with E-state index < -0.39 is 4.92 Å². The van der Waals surface area contributed by atoms with Crippen molar-refractivity contribution >= 4 is 11.4 Å². The number of nitro groups is 1. The molecule has 6 nitrogen and oxygen atoms in total. The van der Waals surface area contributed by atoms with Gasteiger partial charge < -0.3 is 9.64 Å². The summed E-state index contributed by atoms with van der Waals surface area (Å²) in [6, 6.07) is 6.49. The third-order valence-corrected chi connectivity index (χ3v) is 3.06. The predicted octanol–water partition coefficient (Wildman–Crippen LogP) is 2.08. The van der Waals surface area contributed by atoms with Crippen LogP contribution in [0.15, 0.2) is 18.2 Å². The molecule has 19 heavy (non-hydrogen) atoms. The average Bonchev–Trinajstić information content (AvgIpc) is 2.36. The van der Waals surface area contributed by atoms with Crippen LogP contribution in [0.4, 0.5) is 11.4 Å². The Morgan fingerprint density at radius 1 is 1.42 bits per heavy atom. The Hall–Kier alpha value is -2.13. The van der Waals surface area contributed by atoms with Gasteiger partial charge in [0.25, 0.3) is 5.69 Å². The zero-order chi connectivity index (χ0) is 14.0. The van der Waals surface area contributed by atoms with Gasteiger partial charge in [0.1, 0.15) is 5.69 Å². The van der Waals surface area contributed by atoms with Crippen LogP contribution in [0.25, 0.3) is 0 Å². The second kappa shape index (κ2) is 5.24. The first-order chi connectivity index (χ1) is 9.01. The van der Waals surface area contributed by atoms with Gasteiger partial charge in [0.15, 0.2) is 0 Å². The fourth-order valence-electron chi connectivity index (χ4n) is 2.38. The molecular formula is C13H15N3O3. The van der Waals surface area contributed by atoms with Crippen molar-refractivity contribution in [2.45, 2.75) is 26.1 Å². The first-order valence-electron chi connectivity index (χ1n) is 6.10. The van der Waals surface area contributed by atoms with Crippen LogP contribution in [-0.4, -0.2) is 30.2 Å². The van der Waals surface area contributed by atoms with Gasteiger partial charge >= 0.3 is 0 Å². The van der Waals surface area contributed by atoms with Gasteiger partial charge in [-0.15, -0.1) is 0 Å². The summed E-state index contributed by atoms with van der Waals surface area (Å²) >= 11 is 0. The second-order valence-electron chi connectivity index (χ2n) is 4.73. The minimum atomic E-state index is -0.443. The smallest absolute Gasteiger partial charge is 0.293 e. The first kappa shape index (κ1) is 13.3. The van der Waals surface area contributed by atoms with E-state index in [0.717, 1.165) is 0 Å². The minimum Gasteiger partial charge on any atom is -0.372 e. The molecule has 0 unspecified atom stereocenters. The summed E-state index contributed by atoms with van der Waals surface area (Å²) in [5.41, 5.74) is 0.816. The maximum Gasteiger partial charge on any atom is 0.293 e. The highest BCUT2D eigenvalue weighted by Crippen LogP contribution is 2.31. The van der Waals surface area contributed by atoms with Gasteiger partial charge in [-0.2, -0.15) is 5.26 Å². The Bertz CT molecular complexity index is 528. The van der Waals surface area contributed by atoms with Crippen molar-refractivity contribution in [2.75, 3.05) is 18.0 Å². The zero-order valence-electron chi connectivity index (χ0n) is 10.9. The van der Waals surface area contributed by atoms with E-state index in [9.17, 15) is 10.1 Å².